The Morgan fingerprint density at radius 1 is 1.03 bits per heavy atom. The Hall–Kier alpha value is -2.82. The van der Waals surface area contributed by atoms with Crippen molar-refractivity contribution >= 4 is 16.9 Å². The van der Waals surface area contributed by atoms with Gasteiger partial charge in [0.25, 0.3) is 0 Å². The van der Waals surface area contributed by atoms with E-state index in [-0.39, 0.29) is 17.9 Å². The van der Waals surface area contributed by atoms with Crippen molar-refractivity contribution in [2.24, 2.45) is 5.92 Å². The summed E-state index contributed by atoms with van der Waals surface area (Å²) in [5.41, 5.74) is 3.20. The molecule has 1 aromatic heterocycles. The van der Waals surface area contributed by atoms with E-state index >= 15 is 0 Å². The maximum Gasteiger partial charge on any atom is 0.223 e. The van der Waals surface area contributed by atoms with Crippen LogP contribution in [0.4, 0.5) is 0 Å². The monoisotopic (exact) mass is 421 g/mol. The molecule has 166 valence electrons. The van der Waals surface area contributed by atoms with Crippen LogP contribution in [0.15, 0.2) is 48.5 Å². The van der Waals surface area contributed by atoms with Gasteiger partial charge in [-0.05, 0) is 49.4 Å². The first-order valence-corrected chi connectivity index (χ1v) is 11.4. The lowest BCUT2D eigenvalue weighted by Crippen LogP contribution is -2.33. The molecule has 0 fully saturated rings. The van der Waals surface area contributed by atoms with Crippen LogP contribution in [-0.4, -0.2) is 22.1 Å². The quantitative estimate of drug-likeness (QED) is 0.447. The lowest BCUT2D eigenvalue weighted by atomic mass is 10.0. The maximum atomic E-state index is 12.6. The fourth-order valence-corrected chi connectivity index (χ4v) is 4.05. The highest BCUT2D eigenvalue weighted by atomic mass is 16.5. The molecule has 5 nitrogen and oxygen atoms in total. The summed E-state index contributed by atoms with van der Waals surface area (Å²) in [7, 11) is 0. The highest BCUT2D eigenvalue weighted by molar-refractivity contribution is 5.79. The van der Waals surface area contributed by atoms with Crippen LogP contribution in [0.5, 0.6) is 5.75 Å². The van der Waals surface area contributed by atoms with Crippen molar-refractivity contribution in [2.75, 3.05) is 6.61 Å². The molecular formula is C26H35N3O2. The smallest absolute Gasteiger partial charge is 0.223 e. The maximum absolute atomic E-state index is 12.6. The predicted octanol–water partition coefficient (Wildman–Crippen LogP) is 5.85. The minimum absolute atomic E-state index is 0.0381. The number of nitrogens with one attached hydrogen (secondary N) is 1. The minimum Gasteiger partial charge on any atom is -0.491 e. The van der Waals surface area contributed by atoms with Crippen LogP contribution in [0.1, 0.15) is 70.8 Å². The van der Waals surface area contributed by atoms with Crippen molar-refractivity contribution in [2.45, 2.75) is 66.0 Å². The molecule has 5 heteroatoms. The van der Waals surface area contributed by atoms with Crippen molar-refractivity contribution in [3.05, 3.63) is 59.9 Å². The standard InChI is InChI=1S/C26H35N3O2/c1-6-20(7-2)26(30)27-19(5)25-28-22-13-9-10-14-23(22)29(25)16-17-31-24-15-11-8-12-21(24)18(3)4/h8-15,18-20H,6-7,16-17H2,1-5H3,(H,27,30). The number of amides is 1. The number of hydrogen-bond acceptors (Lipinski definition) is 3. The van der Waals surface area contributed by atoms with Gasteiger partial charge in [0.05, 0.1) is 23.6 Å². The van der Waals surface area contributed by atoms with Crippen LogP contribution in [-0.2, 0) is 11.3 Å². The van der Waals surface area contributed by atoms with Crippen molar-refractivity contribution < 1.29 is 9.53 Å². The van der Waals surface area contributed by atoms with Gasteiger partial charge in [0.15, 0.2) is 0 Å². The Morgan fingerprint density at radius 3 is 2.42 bits per heavy atom. The second-order valence-electron chi connectivity index (χ2n) is 8.40. The molecule has 0 aliphatic heterocycles. The van der Waals surface area contributed by atoms with Crippen LogP contribution in [0.25, 0.3) is 11.0 Å². The van der Waals surface area contributed by atoms with E-state index in [4.69, 9.17) is 9.72 Å². The van der Waals surface area contributed by atoms with E-state index in [2.05, 4.69) is 49.7 Å². The molecule has 3 aromatic rings. The van der Waals surface area contributed by atoms with Crippen LogP contribution >= 0.6 is 0 Å². The summed E-state index contributed by atoms with van der Waals surface area (Å²) in [6.45, 7) is 11.7. The second-order valence-corrected chi connectivity index (χ2v) is 8.40. The van der Waals surface area contributed by atoms with Crippen molar-refractivity contribution in [1.29, 1.82) is 0 Å². The number of nitrogens with zero attached hydrogens (tertiary/aromatic N) is 2. The normalized spacial score (nSPS) is 12.5. The average Bonchev–Trinajstić information content (AvgIpc) is 3.13. The molecule has 0 aliphatic carbocycles. The molecular weight excluding hydrogens is 386 g/mol. The first-order chi connectivity index (χ1) is 15.0. The topological polar surface area (TPSA) is 56.2 Å². The highest BCUT2D eigenvalue weighted by Gasteiger charge is 2.21. The number of ether oxygens (including phenoxy) is 1. The van der Waals surface area contributed by atoms with Crippen molar-refractivity contribution in [3.8, 4) is 5.75 Å². The Labute approximate surface area is 185 Å². The number of rotatable bonds is 10. The van der Waals surface area contributed by atoms with Gasteiger partial charge in [-0.2, -0.15) is 0 Å². The van der Waals surface area contributed by atoms with Crippen molar-refractivity contribution in [1.82, 2.24) is 14.9 Å². The molecule has 1 N–H and O–H groups in total. The summed E-state index contributed by atoms with van der Waals surface area (Å²) in [5, 5.41) is 3.17. The number of carbonyl (C=O) groups excluding carboxylic acids is 1. The fourth-order valence-electron chi connectivity index (χ4n) is 4.05. The zero-order valence-corrected chi connectivity index (χ0v) is 19.4. The van der Waals surface area contributed by atoms with E-state index in [9.17, 15) is 4.79 Å². The molecule has 2 aromatic carbocycles. The number of carbonyl (C=O) groups is 1. The van der Waals surface area contributed by atoms with Crippen LogP contribution < -0.4 is 10.1 Å². The van der Waals surface area contributed by atoms with E-state index in [1.165, 1.54) is 5.56 Å². The van der Waals surface area contributed by atoms with E-state index in [1.54, 1.807) is 0 Å². The molecule has 0 radical (unpaired) electrons. The van der Waals surface area contributed by atoms with Crippen molar-refractivity contribution in [3.63, 3.8) is 0 Å². The number of hydrogen-bond donors (Lipinski definition) is 1. The number of benzene rings is 2. The fraction of sp³-hybridized carbons (Fsp3) is 0.462. The zero-order valence-electron chi connectivity index (χ0n) is 19.4. The Kier molecular flexibility index (Phi) is 7.72. The van der Waals surface area contributed by atoms with E-state index in [0.717, 1.165) is 35.4 Å². The molecule has 31 heavy (non-hydrogen) atoms. The third-order valence-electron chi connectivity index (χ3n) is 5.90. The summed E-state index contributed by atoms with van der Waals surface area (Å²) in [6.07, 6.45) is 1.68. The average molecular weight is 422 g/mol. The van der Waals surface area contributed by atoms with Gasteiger partial charge in [-0.25, -0.2) is 4.98 Å². The van der Waals surface area contributed by atoms with Gasteiger partial charge in [-0.1, -0.05) is 58.0 Å². The number of imidazole rings is 1. The van der Waals surface area contributed by atoms with E-state index in [0.29, 0.717) is 19.1 Å². The summed E-state index contributed by atoms with van der Waals surface area (Å²) in [4.78, 5) is 17.5. The van der Waals surface area contributed by atoms with Crippen LogP contribution in [0, 0.1) is 5.92 Å². The summed E-state index contributed by atoms with van der Waals surface area (Å²) in [6, 6.07) is 16.1. The van der Waals surface area contributed by atoms with Gasteiger partial charge in [-0.15, -0.1) is 0 Å². The molecule has 1 unspecified atom stereocenters. The Morgan fingerprint density at radius 2 is 1.71 bits per heavy atom. The number of para-hydroxylation sites is 3. The van der Waals surface area contributed by atoms with Gasteiger partial charge < -0.3 is 14.6 Å². The SMILES string of the molecule is CCC(CC)C(=O)NC(C)c1nc2ccccc2n1CCOc1ccccc1C(C)C. The highest BCUT2D eigenvalue weighted by Crippen LogP contribution is 2.26. The molecule has 1 heterocycles. The minimum atomic E-state index is -0.177. The molecule has 1 amide bonds. The zero-order chi connectivity index (χ0) is 22.4. The second kappa shape index (κ2) is 10.5. The van der Waals surface area contributed by atoms with Gasteiger partial charge in [0, 0.05) is 5.92 Å². The molecule has 0 saturated heterocycles. The molecule has 3 rings (SSSR count). The Bertz CT molecular complexity index is 1000. The van der Waals surface area contributed by atoms with Crippen LogP contribution in [0.2, 0.25) is 0 Å². The first-order valence-electron chi connectivity index (χ1n) is 11.4. The molecule has 0 spiro atoms. The molecule has 0 aliphatic rings. The van der Waals surface area contributed by atoms with Crippen LogP contribution in [0.3, 0.4) is 0 Å². The third kappa shape index (κ3) is 5.27. The van der Waals surface area contributed by atoms with E-state index < -0.39 is 0 Å². The first kappa shape index (κ1) is 22.9. The van der Waals surface area contributed by atoms with Gasteiger partial charge >= 0.3 is 0 Å². The van der Waals surface area contributed by atoms with E-state index in [1.807, 2.05) is 43.3 Å². The van der Waals surface area contributed by atoms with Gasteiger partial charge in [-0.3, -0.25) is 4.79 Å². The molecule has 1 atom stereocenters. The summed E-state index contributed by atoms with van der Waals surface area (Å²) < 4.78 is 8.35. The molecule has 0 bridgehead atoms. The summed E-state index contributed by atoms with van der Waals surface area (Å²) in [5.74, 6) is 2.33. The number of fused-ring (bicyclic) bond motifs is 1. The third-order valence-corrected chi connectivity index (χ3v) is 5.90. The lowest BCUT2D eigenvalue weighted by Gasteiger charge is -2.20. The van der Waals surface area contributed by atoms with Gasteiger partial charge in [0.2, 0.25) is 5.91 Å². The summed E-state index contributed by atoms with van der Waals surface area (Å²) >= 11 is 0. The molecule has 0 saturated carbocycles. The van der Waals surface area contributed by atoms with Gasteiger partial charge in [0.1, 0.15) is 18.2 Å². The Balaban J connectivity index is 1.80. The predicted molar refractivity (Wildman–Crippen MR) is 126 cm³/mol. The number of aromatic nitrogens is 2. The largest absolute Gasteiger partial charge is 0.491 e. The lowest BCUT2D eigenvalue weighted by molar-refractivity contribution is -0.125.